The molecule has 6 nitrogen and oxygen atoms in total. The van der Waals surface area contributed by atoms with Crippen molar-refractivity contribution in [2.75, 3.05) is 7.11 Å². The highest BCUT2D eigenvalue weighted by atomic mass is 16.5. The van der Waals surface area contributed by atoms with Crippen LogP contribution >= 0.6 is 0 Å². The molecule has 0 saturated heterocycles. The van der Waals surface area contributed by atoms with Crippen molar-refractivity contribution in [2.45, 2.75) is 59.5 Å². The zero-order chi connectivity index (χ0) is 24.1. The lowest BCUT2D eigenvalue weighted by atomic mass is 9.92. The van der Waals surface area contributed by atoms with Gasteiger partial charge in [-0.2, -0.15) is 0 Å². The minimum atomic E-state index is -0.977. The molecule has 2 N–H and O–H groups in total. The van der Waals surface area contributed by atoms with Gasteiger partial charge in [-0.25, -0.2) is 4.79 Å². The molecule has 0 bridgehead atoms. The van der Waals surface area contributed by atoms with Crippen molar-refractivity contribution in [3.8, 4) is 17.2 Å². The Morgan fingerprint density at radius 2 is 1.84 bits per heavy atom. The number of phenolic OH excluding ortho intramolecular Hbond substituents is 1. The van der Waals surface area contributed by atoms with Crippen molar-refractivity contribution >= 4 is 11.8 Å². The Balaban J connectivity index is 0.000000229. The number of aromatic hydroxyl groups is 1. The lowest BCUT2D eigenvalue weighted by Gasteiger charge is -2.33. The maximum atomic E-state index is 11.1. The van der Waals surface area contributed by atoms with Crippen LogP contribution in [0.5, 0.6) is 17.2 Å². The van der Waals surface area contributed by atoms with Crippen molar-refractivity contribution in [2.24, 2.45) is 0 Å². The van der Waals surface area contributed by atoms with E-state index in [4.69, 9.17) is 14.6 Å². The van der Waals surface area contributed by atoms with Crippen LogP contribution in [0.2, 0.25) is 0 Å². The molecule has 0 aliphatic carbocycles. The molecule has 3 rings (SSSR count). The van der Waals surface area contributed by atoms with Crippen molar-refractivity contribution in [1.29, 1.82) is 0 Å². The molecule has 2 aromatic rings. The first kappa shape index (κ1) is 25.0. The quantitative estimate of drug-likeness (QED) is 0.464. The van der Waals surface area contributed by atoms with Crippen LogP contribution in [0.1, 0.15) is 72.9 Å². The number of ether oxygens (including phenoxy) is 2. The van der Waals surface area contributed by atoms with Crippen molar-refractivity contribution in [1.82, 2.24) is 0 Å². The fraction of sp³-hybridized carbons (Fsp3) is 0.385. The summed E-state index contributed by atoms with van der Waals surface area (Å²) in [6, 6.07) is 8.20. The number of fused-ring (bicyclic) bond motifs is 1. The number of ketones is 1. The number of hydrogen-bond donors (Lipinski definition) is 2. The maximum Gasteiger partial charge on any atom is 0.339 e. The SMILES string of the molecule is CC(=O)c1ccc(O)c(CC=C(C)C)c1.COc1c(C(=O)O)ccc2c1CCC(C)(C)O2. The molecule has 6 heteroatoms. The number of phenols is 1. The summed E-state index contributed by atoms with van der Waals surface area (Å²) < 4.78 is 11.0. The number of carboxylic acids is 1. The van der Waals surface area contributed by atoms with Crippen LogP contribution in [0.25, 0.3) is 0 Å². The average molecular weight is 441 g/mol. The van der Waals surface area contributed by atoms with Gasteiger partial charge in [-0.05, 0) is 89.8 Å². The summed E-state index contributed by atoms with van der Waals surface area (Å²) in [5.41, 5.74) is 3.47. The molecular weight excluding hydrogens is 408 g/mol. The second-order valence-corrected chi connectivity index (χ2v) is 8.68. The van der Waals surface area contributed by atoms with Gasteiger partial charge in [0.25, 0.3) is 0 Å². The Kier molecular flexibility index (Phi) is 8.08. The Morgan fingerprint density at radius 1 is 1.16 bits per heavy atom. The number of carboxylic acid groups (broad SMARTS) is 1. The van der Waals surface area contributed by atoms with Gasteiger partial charge in [0.15, 0.2) is 5.78 Å². The number of hydrogen-bond acceptors (Lipinski definition) is 5. The van der Waals surface area contributed by atoms with Crippen LogP contribution in [-0.2, 0) is 12.8 Å². The Labute approximate surface area is 189 Å². The standard InChI is InChI=1S/C13H16O4.C13H16O2/c1-13(2)7-6-8-10(17-13)5-4-9(12(14)15)11(8)16-3;1-9(2)4-5-12-8-11(10(3)14)6-7-13(12)15/h4-5H,6-7H2,1-3H3,(H,14,15);4,6-8,15H,5H2,1-3H3. The van der Waals surface area contributed by atoms with Gasteiger partial charge in [0, 0.05) is 11.1 Å². The Hall–Kier alpha value is -3.28. The van der Waals surface area contributed by atoms with E-state index in [1.54, 1.807) is 24.3 Å². The zero-order valence-corrected chi connectivity index (χ0v) is 19.6. The molecule has 0 amide bonds. The first-order valence-electron chi connectivity index (χ1n) is 10.5. The van der Waals surface area contributed by atoms with Crippen molar-refractivity contribution in [3.05, 3.63) is 64.2 Å². The highest BCUT2D eigenvalue weighted by Gasteiger charge is 2.30. The predicted octanol–water partition coefficient (Wildman–Crippen LogP) is 5.60. The highest BCUT2D eigenvalue weighted by Crippen LogP contribution is 2.40. The fourth-order valence-electron chi connectivity index (χ4n) is 3.40. The van der Waals surface area contributed by atoms with Gasteiger partial charge in [0.2, 0.25) is 0 Å². The molecule has 2 aromatic carbocycles. The topological polar surface area (TPSA) is 93.1 Å². The van der Waals surface area contributed by atoms with Crippen LogP contribution < -0.4 is 9.47 Å². The molecule has 1 heterocycles. The lowest BCUT2D eigenvalue weighted by molar-refractivity contribution is 0.0689. The summed E-state index contributed by atoms with van der Waals surface area (Å²) in [6.45, 7) is 9.58. The number of allylic oxidation sites excluding steroid dienone is 2. The first-order chi connectivity index (χ1) is 14.9. The van der Waals surface area contributed by atoms with Crippen molar-refractivity contribution in [3.63, 3.8) is 0 Å². The number of carbonyl (C=O) groups excluding carboxylic acids is 1. The fourth-order valence-corrected chi connectivity index (χ4v) is 3.40. The van der Waals surface area contributed by atoms with E-state index in [0.717, 1.165) is 29.7 Å². The minimum Gasteiger partial charge on any atom is -0.508 e. The third-order valence-electron chi connectivity index (χ3n) is 5.23. The predicted molar refractivity (Wildman–Crippen MR) is 124 cm³/mol. The number of benzene rings is 2. The van der Waals surface area contributed by atoms with Crippen LogP contribution in [0, 0.1) is 0 Å². The molecule has 0 fully saturated rings. The smallest absolute Gasteiger partial charge is 0.339 e. The molecule has 172 valence electrons. The molecule has 0 saturated carbocycles. The normalized spacial score (nSPS) is 13.6. The molecular formula is C26H32O6. The average Bonchev–Trinajstić information content (AvgIpc) is 2.71. The first-order valence-corrected chi connectivity index (χ1v) is 10.5. The second-order valence-electron chi connectivity index (χ2n) is 8.68. The maximum absolute atomic E-state index is 11.1. The Bertz CT molecular complexity index is 1030. The minimum absolute atomic E-state index is 0.0217. The van der Waals surface area contributed by atoms with E-state index in [2.05, 4.69) is 0 Å². The van der Waals surface area contributed by atoms with Crippen LogP contribution in [-0.4, -0.2) is 34.7 Å². The molecule has 0 unspecified atom stereocenters. The van der Waals surface area contributed by atoms with E-state index in [1.165, 1.54) is 25.7 Å². The highest BCUT2D eigenvalue weighted by molar-refractivity contribution is 5.94. The molecule has 0 atom stereocenters. The van der Waals surface area contributed by atoms with Crippen LogP contribution in [0.15, 0.2) is 42.0 Å². The van der Waals surface area contributed by atoms with Crippen molar-refractivity contribution < 1.29 is 29.3 Å². The molecule has 0 radical (unpaired) electrons. The third kappa shape index (κ3) is 6.36. The van der Waals surface area contributed by atoms with E-state index in [-0.39, 0.29) is 22.7 Å². The van der Waals surface area contributed by atoms with Gasteiger partial charge in [-0.3, -0.25) is 4.79 Å². The number of aromatic carboxylic acids is 1. The Morgan fingerprint density at radius 3 is 2.41 bits per heavy atom. The lowest BCUT2D eigenvalue weighted by Crippen LogP contribution is -2.32. The second kappa shape index (κ2) is 10.4. The summed E-state index contributed by atoms with van der Waals surface area (Å²) in [7, 11) is 1.49. The van der Waals surface area contributed by atoms with E-state index in [1.807, 2.05) is 33.8 Å². The molecule has 32 heavy (non-hydrogen) atoms. The van der Waals surface area contributed by atoms with Gasteiger partial charge >= 0.3 is 5.97 Å². The number of Topliss-reactive ketones (excluding diaryl/α,β-unsaturated/α-hetero) is 1. The van der Waals surface area contributed by atoms with E-state index < -0.39 is 5.97 Å². The van der Waals surface area contributed by atoms with Gasteiger partial charge in [0.05, 0.1) is 7.11 Å². The van der Waals surface area contributed by atoms with Gasteiger partial charge in [-0.1, -0.05) is 11.6 Å². The monoisotopic (exact) mass is 440 g/mol. The summed E-state index contributed by atoms with van der Waals surface area (Å²) in [4.78, 5) is 22.2. The van der Waals surface area contributed by atoms with E-state index in [0.29, 0.717) is 17.7 Å². The number of methoxy groups -OCH3 is 1. The molecule has 0 spiro atoms. The van der Waals surface area contributed by atoms with Gasteiger partial charge in [0.1, 0.15) is 28.4 Å². The molecule has 1 aliphatic heterocycles. The number of rotatable bonds is 5. The molecule has 1 aliphatic rings. The summed E-state index contributed by atoms with van der Waals surface area (Å²) in [5.74, 6) is 0.439. The summed E-state index contributed by atoms with van der Waals surface area (Å²) in [5, 5.41) is 18.7. The summed E-state index contributed by atoms with van der Waals surface area (Å²) in [6.07, 6.45) is 4.31. The van der Waals surface area contributed by atoms with Gasteiger partial charge < -0.3 is 19.7 Å². The third-order valence-corrected chi connectivity index (χ3v) is 5.23. The van der Waals surface area contributed by atoms with Gasteiger partial charge in [-0.15, -0.1) is 0 Å². The van der Waals surface area contributed by atoms with E-state index >= 15 is 0 Å². The molecule has 0 aromatic heterocycles. The van der Waals surface area contributed by atoms with Crippen LogP contribution in [0.3, 0.4) is 0 Å². The van der Waals surface area contributed by atoms with Crippen LogP contribution in [0.4, 0.5) is 0 Å². The zero-order valence-electron chi connectivity index (χ0n) is 19.6. The largest absolute Gasteiger partial charge is 0.508 e. The number of carbonyl (C=O) groups is 2. The summed E-state index contributed by atoms with van der Waals surface area (Å²) >= 11 is 0. The van der Waals surface area contributed by atoms with E-state index in [9.17, 15) is 14.7 Å².